The Balaban J connectivity index is 1.39. The summed E-state index contributed by atoms with van der Waals surface area (Å²) in [6, 6.07) is 13.4. The molecule has 1 saturated heterocycles. The standard InChI is InChI=1S/C21H27ClN4O/c1-16-4-3-5-20(17(16)2)26-14-12-25(13-15-26)11-10-23-21(27)24-19-8-6-18(22)7-9-19/h3-9H,10-15H2,1-2H3,(H2,23,24,27). The Bertz CT molecular complexity index is 770. The molecule has 0 unspecified atom stereocenters. The molecular weight excluding hydrogens is 360 g/mol. The van der Waals surface area contributed by atoms with Crippen molar-refractivity contribution in [2.75, 3.05) is 49.5 Å². The van der Waals surface area contributed by atoms with Gasteiger partial charge in [0.15, 0.2) is 0 Å². The van der Waals surface area contributed by atoms with E-state index in [1.54, 1.807) is 24.3 Å². The van der Waals surface area contributed by atoms with Gasteiger partial charge in [-0.2, -0.15) is 0 Å². The Morgan fingerprint density at radius 3 is 2.44 bits per heavy atom. The summed E-state index contributed by atoms with van der Waals surface area (Å²) in [6.07, 6.45) is 0. The van der Waals surface area contributed by atoms with Crippen LogP contribution in [0.15, 0.2) is 42.5 Å². The van der Waals surface area contributed by atoms with Crippen LogP contribution in [0.5, 0.6) is 0 Å². The van der Waals surface area contributed by atoms with Crippen LogP contribution in [0.2, 0.25) is 5.02 Å². The number of hydrogen-bond donors (Lipinski definition) is 2. The largest absolute Gasteiger partial charge is 0.369 e. The molecule has 2 aromatic carbocycles. The quantitative estimate of drug-likeness (QED) is 0.819. The average Bonchev–Trinajstić information content (AvgIpc) is 2.67. The normalized spacial score (nSPS) is 14.9. The Morgan fingerprint density at radius 2 is 1.74 bits per heavy atom. The third-order valence-electron chi connectivity index (χ3n) is 5.10. The number of aryl methyl sites for hydroxylation is 1. The molecule has 27 heavy (non-hydrogen) atoms. The maximum Gasteiger partial charge on any atom is 0.319 e. The van der Waals surface area contributed by atoms with Crippen molar-refractivity contribution in [1.29, 1.82) is 0 Å². The number of rotatable bonds is 5. The lowest BCUT2D eigenvalue weighted by Gasteiger charge is -2.37. The molecule has 2 amide bonds. The summed E-state index contributed by atoms with van der Waals surface area (Å²) in [6.45, 7) is 9.89. The molecule has 2 aromatic rings. The van der Waals surface area contributed by atoms with Crippen LogP contribution in [0.3, 0.4) is 0 Å². The van der Waals surface area contributed by atoms with Crippen molar-refractivity contribution in [3.05, 3.63) is 58.6 Å². The van der Waals surface area contributed by atoms with Crippen molar-refractivity contribution in [2.24, 2.45) is 0 Å². The topological polar surface area (TPSA) is 47.6 Å². The van der Waals surface area contributed by atoms with Gasteiger partial charge in [0.2, 0.25) is 0 Å². The number of halogens is 1. The Labute approximate surface area is 166 Å². The lowest BCUT2D eigenvalue weighted by molar-refractivity contribution is 0.240. The first-order chi connectivity index (χ1) is 13.0. The summed E-state index contributed by atoms with van der Waals surface area (Å²) in [7, 11) is 0. The van der Waals surface area contributed by atoms with Crippen molar-refractivity contribution in [1.82, 2.24) is 10.2 Å². The highest BCUT2D eigenvalue weighted by Crippen LogP contribution is 2.23. The number of nitrogens with one attached hydrogen (secondary N) is 2. The van der Waals surface area contributed by atoms with E-state index in [0.717, 1.165) is 38.4 Å². The highest BCUT2D eigenvalue weighted by Gasteiger charge is 2.18. The van der Waals surface area contributed by atoms with Crippen molar-refractivity contribution in [3.63, 3.8) is 0 Å². The second-order valence-electron chi connectivity index (χ2n) is 6.94. The van der Waals surface area contributed by atoms with Crippen LogP contribution in [0.4, 0.5) is 16.2 Å². The maximum absolute atomic E-state index is 12.0. The third-order valence-corrected chi connectivity index (χ3v) is 5.36. The van der Waals surface area contributed by atoms with Gasteiger partial charge in [-0.15, -0.1) is 0 Å². The number of anilines is 2. The minimum atomic E-state index is -0.189. The smallest absolute Gasteiger partial charge is 0.319 e. The molecule has 0 radical (unpaired) electrons. The zero-order valence-corrected chi connectivity index (χ0v) is 16.7. The van der Waals surface area contributed by atoms with Crippen molar-refractivity contribution >= 4 is 29.0 Å². The van der Waals surface area contributed by atoms with Gasteiger partial charge in [0.25, 0.3) is 0 Å². The first-order valence-corrected chi connectivity index (χ1v) is 9.74. The fourth-order valence-electron chi connectivity index (χ4n) is 3.33. The maximum atomic E-state index is 12.0. The first kappa shape index (κ1) is 19.5. The number of amides is 2. The number of hydrogen-bond acceptors (Lipinski definition) is 3. The van der Waals surface area contributed by atoms with Gasteiger partial charge < -0.3 is 15.5 Å². The van der Waals surface area contributed by atoms with Crippen LogP contribution in [0.25, 0.3) is 0 Å². The number of carbonyl (C=O) groups excluding carboxylic acids is 1. The highest BCUT2D eigenvalue weighted by molar-refractivity contribution is 6.30. The first-order valence-electron chi connectivity index (χ1n) is 9.37. The van der Waals surface area contributed by atoms with Crippen LogP contribution >= 0.6 is 11.6 Å². The van der Waals surface area contributed by atoms with Gasteiger partial charge >= 0.3 is 6.03 Å². The molecule has 1 aliphatic rings. The Hall–Kier alpha value is -2.24. The zero-order chi connectivity index (χ0) is 19.2. The summed E-state index contributed by atoms with van der Waals surface area (Å²) in [5, 5.41) is 6.38. The Kier molecular flexibility index (Phi) is 6.58. The van der Waals surface area contributed by atoms with Crippen LogP contribution in [0, 0.1) is 13.8 Å². The molecule has 0 aliphatic carbocycles. The van der Waals surface area contributed by atoms with Crippen LogP contribution in [-0.2, 0) is 0 Å². The van der Waals surface area contributed by atoms with E-state index in [4.69, 9.17) is 11.6 Å². The van der Waals surface area contributed by atoms with E-state index in [9.17, 15) is 4.79 Å². The van der Waals surface area contributed by atoms with Crippen molar-refractivity contribution < 1.29 is 4.79 Å². The molecule has 1 aliphatic heterocycles. The van der Waals surface area contributed by atoms with Gasteiger partial charge in [0.1, 0.15) is 0 Å². The molecule has 0 spiro atoms. The molecule has 5 nitrogen and oxygen atoms in total. The molecule has 2 N–H and O–H groups in total. The molecule has 144 valence electrons. The van der Waals surface area contributed by atoms with E-state index in [1.165, 1.54) is 16.8 Å². The van der Waals surface area contributed by atoms with Gasteiger partial charge in [-0.1, -0.05) is 23.7 Å². The SMILES string of the molecule is Cc1cccc(N2CCN(CCNC(=O)Nc3ccc(Cl)cc3)CC2)c1C. The van der Waals surface area contributed by atoms with E-state index in [1.807, 2.05) is 0 Å². The van der Waals surface area contributed by atoms with E-state index >= 15 is 0 Å². The summed E-state index contributed by atoms with van der Waals surface area (Å²) >= 11 is 5.85. The molecule has 1 heterocycles. The van der Waals surface area contributed by atoms with E-state index in [2.05, 4.69) is 52.5 Å². The van der Waals surface area contributed by atoms with Crippen molar-refractivity contribution in [3.8, 4) is 0 Å². The molecular formula is C21H27ClN4O. The van der Waals surface area contributed by atoms with Crippen molar-refractivity contribution in [2.45, 2.75) is 13.8 Å². The lowest BCUT2D eigenvalue weighted by Crippen LogP contribution is -2.49. The monoisotopic (exact) mass is 386 g/mol. The fourth-order valence-corrected chi connectivity index (χ4v) is 3.45. The van der Waals surface area contributed by atoms with Gasteiger partial charge in [0.05, 0.1) is 0 Å². The number of nitrogens with zero attached hydrogens (tertiary/aromatic N) is 2. The average molecular weight is 387 g/mol. The van der Waals surface area contributed by atoms with E-state index in [-0.39, 0.29) is 6.03 Å². The van der Waals surface area contributed by atoms with E-state index < -0.39 is 0 Å². The number of carbonyl (C=O) groups is 1. The molecule has 3 rings (SSSR count). The van der Waals surface area contributed by atoms with Gasteiger partial charge in [-0.25, -0.2) is 4.79 Å². The summed E-state index contributed by atoms with van der Waals surface area (Å²) in [4.78, 5) is 16.8. The Morgan fingerprint density at radius 1 is 1.04 bits per heavy atom. The minimum absolute atomic E-state index is 0.189. The van der Waals surface area contributed by atoms with Crippen LogP contribution in [0.1, 0.15) is 11.1 Å². The number of piperazine rings is 1. The molecule has 6 heteroatoms. The molecule has 0 aromatic heterocycles. The highest BCUT2D eigenvalue weighted by atomic mass is 35.5. The lowest BCUT2D eigenvalue weighted by atomic mass is 10.1. The number of urea groups is 1. The molecule has 1 fully saturated rings. The summed E-state index contributed by atoms with van der Waals surface area (Å²) in [5.74, 6) is 0. The predicted octanol–water partition coefficient (Wildman–Crippen LogP) is 3.90. The van der Waals surface area contributed by atoms with E-state index in [0.29, 0.717) is 11.6 Å². The zero-order valence-electron chi connectivity index (χ0n) is 16.0. The summed E-state index contributed by atoms with van der Waals surface area (Å²) < 4.78 is 0. The number of benzene rings is 2. The minimum Gasteiger partial charge on any atom is -0.369 e. The molecule has 0 saturated carbocycles. The third kappa shape index (κ3) is 5.37. The van der Waals surface area contributed by atoms with Gasteiger partial charge in [0, 0.05) is 55.7 Å². The van der Waals surface area contributed by atoms with Crippen LogP contribution < -0.4 is 15.5 Å². The predicted molar refractivity (Wildman–Crippen MR) is 113 cm³/mol. The fraction of sp³-hybridized carbons (Fsp3) is 0.381. The second kappa shape index (κ2) is 9.11. The van der Waals surface area contributed by atoms with Gasteiger partial charge in [-0.3, -0.25) is 4.90 Å². The molecule has 0 bridgehead atoms. The summed E-state index contributed by atoms with van der Waals surface area (Å²) in [5.41, 5.74) is 4.78. The van der Waals surface area contributed by atoms with Crippen LogP contribution in [-0.4, -0.2) is 50.2 Å². The molecule has 0 atom stereocenters. The van der Waals surface area contributed by atoms with Gasteiger partial charge in [-0.05, 0) is 55.3 Å². The second-order valence-corrected chi connectivity index (χ2v) is 7.37.